The van der Waals surface area contributed by atoms with E-state index in [2.05, 4.69) is 25.2 Å². The number of rotatable bonds is 3. The molecule has 3 heterocycles. The van der Waals surface area contributed by atoms with Gasteiger partial charge in [-0.3, -0.25) is 10.3 Å². The number of nitrogens with zero attached hydrogens (tertiary/aromatic N) is 4. The van der Waals surface area contributed by atoms with E-state index in [9.17, 15) is 0 Å². The third-order valence-electron chi connectivity index (χ3n) is 3.97. The molecule has 1 atom stereocenters. The summed E-state index contributed by atoms with van der Waals surface area (Å²) in [6.07, 6.45) is 5.42. The Morgan fingerprint density at radius 1 is 1.32 bits per heavy atom. The molecule has 6 nitrogen and oxygen atoms in total. The highest BCUT2D eigenvalue weighted by atomic mass is 35.5. The van der Waals surface area contributed by atoms with Crippen molar-refractivity contribution in [1.82, 2.24) is 14.9 Å². The molecule has 2 fully saturated rings. The van der Waals surface area contributed by atoms with E-state index in [0.29, 0.717) is 17.0 Å². The Morgan fingerprint density at radius 3 is 2.84 bits per heavy atom. The van der Waals surface area contributed by atoms with Crippen molar-refractivity contribution in [3.05, 3.63) is 11.2 Å². The quantitative estimate of drug-likeness (QED) is 0.639. The fourth-order valence-electron chi connectivity index (χ4n) is 2.99. The van der Waals surface area contributed by atoms with Gasteiger partial charge in [-0.15, -0.1) is 0 Å². The predicted octanol–water partition coefficient (Wildman–Crippen LogP) is 1.09. The topological polar surface area (TPSA) is 70.3 Å². The van der Waals surface area contributed by atoms with Crippen molar-refractivity contribution >= 4 is 23.4 Å². The van der Waals surface area contributed by atoms with Crippen molar-refractivity contribution in [2.45, 2.75) is 25.3 Å². The normalized spacial score (nSPS) is 24.1. The maximum absolute atomic E-state index is 6.19. The zero-order chi connectivity index (χ0) is 13.2. The van der Waals surface area contributed by atoms with Crippen LogP contribution >= 0.6 is 11.6 Å². The van der Waals surface area contributed by atoms with E-state index in [1.807, 2.05) is 0 Å². The maximum atomic E-state index is 6.19. The second kappa shape index (κ2) is 5.48. The van der Waals surface area contributed by atoms with Gasteiger partial charge in [0, 0.05) is 19.1 Å². The highest BCUT2D eigenvalue weighted by molar-refractivity contribution is 6.32. The summed E-state index contributed by atoms with van der Waals surface area (Å²) in [6, 6.07) is 0.628. The summed E-state index contributed by atoms with van der Waals surface area (Å²) in [5.41, 5.74) is 2.47. The van der Waals surface area contributed by atoms with Crippen molar-refractivity contribution in [2.24, 2.45) is 5.84 Å². The van der Waals surface area contributed by atoms with Crippen LogP contribution in [0.5, 0.6) is 0 Å². The molecule has 0 bridgehead atoms. The van der Waals surface area contributed by atoms with E-state index in [1.54, 1.807) is 6.20 Å². The predicted molar refractivity (Wildman–Crippen MR) is 76.3 cm³/mol. The zero-order valence-corrected chi connectivity index (χ0v) is 11.6. The minimum Gasteiger partial charge on any atom is -0.354 e. The van der Waals surface area contributed by atoms with E-state index in [0.717, 1.165) is 18.9 Å². The average molecular weight is 283 g/mol. The smallest absolute Gasteiger partial charge is 0.239 e. The number of nitrogens with two attached hydrogens (primary N) is 1. The molecule has 7 heteroatoms. The molecule has 0 aromatic carbocycles. The Kier molecular flexibility index (Phi) is 3.72. The van der Waals surface area contributed by atoms with E-state index in [1.165, 1.54) is 32.4 Å². The van der Waals surface area contributed by atoms with E-state index < -0.39 is 0 Å². The van der Waals surface area contributed by atoms with Gasteiger partial charge in [0.15, 0.2) is 5.82 Å². The molecule has 2 aliphatic rings. The van der Waals surface area contributed by atoms with Crippen LogP contribution in [0.15, 0.2) is 6.20 Å². The lowest BCUT2D eigenvalue weighted by Crippen LogP contribution is -2.35. The van der Waals surface area contributed by atoms with Crippen LogP contribution in [0.2, 0.25) is 5.02 Å². The van der Waals surface area contributed by atoms with Crippen LogP contribution in [0.1, 0.15) is 19.3 Å². The summed E-state index contributed by atoms with van der Waals surface area (Å²) in [5.74, 6) is 6.54. The van der Waals surface area contributed by atoms with E-state index in [-0.39, 0.29) is 0 Å². The lowest BCUT2D eigenvalue weighted by molar-refractivity contribution is 0.260. The first-order chi connectivity index (χ1) is 9.28. The first kappa shape index (κ1) is 12.9. The molecule has 0 spiro atoms. The van der Waals surface area contributed by atoms with Gasteiger partial charge in [0.05, 0.1) is 6.20 Å². The summed E-state index contributed by atoms with van der Waals surface area (Å²) >= 11 is 6.19. The summed E-state index contributed by atoms with van der Waals surface area (Å²) in [4.78, 5) is 13.2. The summed E-state index contributed by atoms with van der Waals surface area (Å²) < 4.78 is 0. The molecule has 1 aromatic heterocycles. The van der Waals surface area contributed by atoms with Crippen LogP contribution in [0.25, 0.3) is 0 Å². The van der Waals surface area contributed by atoms with Gasteiger partial charge < -0.3 is 4.90 Å². The lowest BCUT2D eigenvalue weighted by atomic mass is 10.2. The van der Waals surface area contributed by atoms with Gasteiger partial charge in [-0.1, -0.05) is 11.6 Å². The molecule has 3 N–H and O–H groups in total. The number of halogens is 1. The zero-order valence-electron chi connectivity index (χ0n) is 10.8. The summed E-state index contributed by atoms with van der Waals surface area (Å²) in [7, 11) is 0. The van der Waals surface area contributed by atoms with Crippen LogP contribution in [-0.4, -0.2) is 47.1 Å². The highest BCUT2D eigenvalue weighted by Gasteiger charge is 2.30. The maximum Gasteiger partial charge on any atom is 0.239 e. The van der Waals surface area contributed by atoms with Gasteiger partial charge in [0.1, 0.15) is 5.02 Å². The fourth-order valence-corrected chi connectivity index (χ4v) is 3.20. The number of aromatic nitrogens is 2. The Hall–Kier alpha value is -1.11. The average Bonchev–Trinajstić information content (AvgIpc) is 3.10. The standard InChI is InChI=1S/C12H19ClN6/c13-10-7-15-12(17-14)16-11(10)19-6-3-9(8-19)18-4-1-2-5-18/h7,9H,1-6,8,14H2,(H,15,16,17). The largest absolute Gasteiger partial charge is 0.354 e. The van der Waals surface area contributed by atoms with Crippen molar-refractivity contribution in [1.29, 1.82) is 0 Å². The molecule has 1 aromatic rings. The van der Waals surface area contributed by atoms with Gasteiger partial charge in [-0.05, 0) is 32.4 Å². The van der Waals surface area contributed by atoms with Crippen molar-refractivity contribution in [2.75, 3.05) is 36.5 Å². The number of nitrogen functional groups attached to an aromatic ring is 1. The van der Waals surface area contributed by atoms with Crippen molar-refractivity contribution in [3.8, 4) is 0 Å². The number of hydrazine groups is 1. The van der Waals surface area contributed by atoms with Crippen LogP contribution in [-0.2, 0) is 0 Å². The van der Waals surface area contributed by atoms with Gasteiger partial charge in [-0.25, -0.2) is 10.8 Å². The van der Waals surface area contributed by atoms with Gasteiger partial charge in [0.25, 0.3) is 0 Å². The lowest BCUT2D eigenvalue weighted by Gasteiger charge is -2.24. The summed E-state index contributed by atoms with van der Waals surface area (Å²) in [6.45, 7) is 4.43. The Morgan fingerprint density at radius 2 is 2.11 bits per heavy atom. The molecule has 0 amide bonds. The Labute approximate surface area is 117 Å². The highest BCUT2D eigenvalue weighted by Crippen LogP contribution is 2.29. The SMILES string of the molecule is NNc1ncc(Cl)c(N2CCC(N3CCCC3)C2)n1. The van der Waals surface area contributed by atoms with Crippen LogP contribution in [0.4, 0.5) is 11.8 Å². The molecular weight excluding hydrogens is 264 g/mol. The molecule has 104 valence electrons. The Balaban J connectivity index is 1.73. The second-order valence-corrected chi connectivity index (χ2v) is 5.55. The number of hydrogen-bond donors (Lipinski definition) is 2. The molecule has 19 heavy (non-hydrogen) atoms. The van der Waals surface area contributed by atoms with Crippen molar-refractivity contribution < 1.29 is 0 Å². The second-order valence-electron chi connectivity index (χ2n) is 5.14. The molecule has 2 saturated heterocycles. The fraction of sp³-hybridized carbons (Fsp3) is 0.667. The van der Waals surface area contributed by atoms with Crippen molar-refractivity contribution in [3.63, 3.8) is 0 Å². The number of hydrogen-bond acceptors (Lipinski definition) is 6. The third-order valence-corrected chi connectivity index (χ3v) is 4.24. The molecule has 0 radical (unpaired) electrons. The van der Waals surface area contributed by atoms with Crippen LogP contribution in [0, 0.1) is 0 Å². The summed E-state index contributed by atoms with van der Waals surface area (Å²) in [5, 5.41) is 0.584. The molecule has 3 rings (SSSR count). The minimum absolute atomic E-state index is 0.407. The number of anilines is 2. The third kappa shape index (κ3) is 2.61. The van der Waals surface area contributed by atoms with Gasteiger partial charge >= 0.3 is 0 Å². The minimum atomic E-state index is 0.407. The molecule has 2 aliphatic heterocycles. The Bertz CT molecular complexity index is 448. The molecule has 0 aliphatic carbocycles. The molecule has 0 saturated carbocycles. The van der Waals surface area contributed by atoms with E-state index in [4.69, 9.17) is 17.4 Å². The number of nitrogens with one attached hydrogen (secondary N) is 1. The van der Waals surface area contributed by atoms with Crippen LogP contribution in [0.3, 0.4) is 0 Å². The van der Waals surface area contributed by atoms with E-state index >= 15 is 0 Å². The van der Waals surface area contributed by atoms with Gasteiger partial charge in [0.2, 0.25) is 5.95 Å². The molecular formula is C12H19ClN6. The van der Waals surface area contributed by atoms with Gasteiger partial charge in [-0.2, -0.15) is 4.98 Å². The first-order valence-corrected chi connectivity index (χ1v) is 7.14. The monoisotopic (exact) mass is 282 g/mol. The molecule has 1 unspecified atom stereocenters. The number of likely N-dealkylation sites (tertiary alicyclic amines) is 1. The first-order valence-electron chi connectivity index (χ1n) is 6.76. The van der Waals surface area contributed by atoms with Crippen LogP contribution < -0.4 is 16.2 Å².